The average molecular weight is 265 g/mol. The van der Waals surface area contributed by atoms with E-state index in [0.717, 1.165) is 6.42 Å². The van der Waals surface area contributed by atoms with Crippen molar-refractivity contribution in [1.82, 2.24) is 0 Å². The van der Waals surface area contributed by atoms with Gasteiger partial charge in [-0.1, -0.05) is 0 Å². The molecule has 6 heteroatoms. The van der Waals surface area contributed by atoms with E-state index in [1.54, 1.807) is 0 Å². The Morgan fingerprint density at radius 1 is 1.00 bits per heavy atom. The Labute approximate surface area is 106 Å². The molecule has 0 saturated carbocycles. The lowest BCUT2D eigenvalue weighted by Gasteiger charge is -2.29. The van der Waals surface area contributed by atoms with Crippen molar-refractivity contribution in [2.45, 2.75) is 45.7 Å². The van der Waals surface area contributed by atoms with Gasteiger partial charge in [0.2, 0.25) is 0 Å². The van der Waals surface area contributed by atoms with E-state index in [2.05, 4.69) is 0 Å². The van der Waals surface area contributed by atoms with E-state index in [1.807, 2.05) is 20.8 Å². The number of nitrogens with two attached hydrogens (primary N) is 1. The van der Waals surface area contributed by atoms with E-state index in [9.17, 15) is 0 Å². The molecule has 0 aromatic heterocycles. The van der Waals surface area contributed by atoms with Gasteiger partial charge < -0.3 is 24.1 Å². The third-order valence-electron chi connectivity index (χ3n) is 2.41. The Morgan fingerprint density at radius 3 is 1.82 bits per heavy atom. The van der Waals surface area contributed by atoms with Crippen molar-refractivity contribution >= 4 is 8.80 Å². The third-order valence-corrected chi connectivity index (χ3v) is 5.50. The number of hydrogen-bond donors (Lipinski definition) is 2. The van der Waals surface area contributed by atoms with Crippen molar-refractivity contribution < 1.29 is 18.4 Å². The van der Waals surface area contributed by atoms with Crippen LogP contribution in [0.3, 0.4) is 0 Å². The quantitative estimate of drug-likeness (QED) is 0.548. The monoisotopic (exact) mass is 265 g/mol. The van der Waals surface area contributed by atoms with Crippen LogP contribution in [0.4, 0.5) is 0 Å². The van der Waals surface area contributed by atoms with Crippen LogP contribution < -0.4 is 5.73 Å². The Hall–Kier alpha value is 0.0169. The minimum absolute atomic E-state index is 0.0201. The van der Waals surface area contributed by atoms with Crippen LogP contribution in [-0.2, 0) is 13.3 Å². The molecule has 0 saturated heterocycles. The molecule has 17 heavy (non-hydrogen) atoms. The smallest absolute Gasteiger partial charge is 0.396 e. The third kappa shape index (κ3) is 7.12. The van der Waals surface area contributed by atoms with E-state index in [4.69, 9.17) is 24.1 Å². The molecular formula is C11H27NO4Si. The fourth-order valence-electron chi connectivity index (χ4n) is 1.67. The molecule has 0 aliphatic heterocycles. The first-order valence-electron chi connectivity index (χ1n) is 6.42. The van der Waals surface area contributed by atoms with Gasteiger partial charge in [0.25, 0.3) is 0 Å². The van der Waals surface area contributed by atoms with E-state index in [1.165, 1.54) is 0 Å². The largest absolute Gasteiger partial charge is 0.500 e. The minimum Gasteiger partial charge on any atom is -0.396 e. The van der Waals surface area contributed by atoms with Crippen molar-refractivity contribution in [3.63, 3.8) is 0 Å². The molecule has 0 aliphatic rings. The van der Waals surface area contributed by atoms with Gasteiger partial charge in [-0.3, -0.25) is 0 Å². The zero-order valence-corrected chi connectivity index (χ0v) is 12.3. The topological polar surface area (TPSA) is 73.9 Å². The van der Waals surface area contributed by atoms with Crippen LogP contribution in [0.15, 0.2) is 0 Å². The van der Waals surface area contributed by atoms with Gasteiger partial charge in [-0.2, -0.15) is 0 Å². The fraction of sp³-hybridized carbons (Fsp3) is 1.00. The van der Waals surface area contributed by atoms with E-state index in [0.29, 0.717) is 32.3 Å². The van der Waals surface area contributed by atoms with Gasteiger partial charge in [0.15, 0.2) is 0 Å². The lowest BCUT2D eigenvalue weighted by atomic mass is 10.2. The molecule has 0 rings (SSSR count). The second kappa shape index (κ2) is 9.99. The van der Waals surface area contributed by atoms with Crippen LogP contribution in [0, 0.1) is 0 Å². The molecule has 0 bridgehead atoms. The molecule has 0 spiro atoms. The molecule has 0 aromatic carbocycles. The zero-order chi connectivity index (χ0) is 13.1. The molecule has 0 radical (unpaired) electrons. The van der Waals surface area contributed by atoms with Crippen molar-refractivity contribution in [3.05, 3.63) is 0 Å². The summed E-state index contributed by atoms with van der Waals surface area (Å²) in [5.74, 6) is 0. The highest BCUT2D eigenvalue weighted by molar-refractivity contribution is 6.60. The summed E-state index contributed by atoms with van der Waals surface area (Å²) in [7, 11) is -2.55. The van der Waals surface area contributed by atoms with E-state index < -0.39 is 8.80 Å². The number of rotatable bonds is 11. The second-order valence-corrected chi connectivity index (χ2v) is 6.53. The van der Waals surface area contributed by atoms with Gasteiger partial charge in [0.05, 0.1) is 0 Å². The molecule has 0 aliphatic carbocycles. The van der Waals surface area contributed by atoms with Crippen LogP contribution in [0.25, 0.3) is 0 Å². The predicted octanol–water partition coefficient (Wildman–Crippen LogP) is 1.13. The summed E-state index contributed by atoms with van der Waals surface area (Å²) in [5, 5.41) is 8.81. The summed E-state index contributed by atoms with van der Waals surface area (Å²) in [6.07, 6.45) is 1.36. The van der Waals surface area contributed by atoms with Crippen molar-refractivity contribution in [2.75, 3.05) is 26.4 Å². The molecule has 0 heterocycles. The maximum absolute atomic E-state index is 8.81. The summed E-state index contributed by atoms with van der Waals surface area (Å²) in [5.41, 5.74) is 5.88. The van der Waals surface area contributed by atoms with Gasteiger partial charge in [0, 0.05) is 38.5 Å². The molecule has 1 unspecified atom stereocenters. The SMILES string of the molecule is CCO[Si](CCC(N)CCO)(OCC)OCC. The van der Waals surface area contributed by atoms with Gasteiger partial charge in [0.1, 0.15) is 0 Å². The minimum atomic E-state index is -2.55. The standard InChI is InChI=1S/C11H27NO4Si/c1-4-14-17(15-5-2,16-6-3)10-8-11(12)7-9-13/h11,13H,4-10,12H2,1-3H3. The van der Waals surface area contributed by atoms with Gasteiger partial charge >= 0.3 is 8.80 Å². The normalized spacial score (nSPS) is 13.9. The van der Waals surface area contributed by atoms with Gasteiger partial charge in [-0.05, 0) is 33.6 Å². The first-order chi connectivity index (χ1) is 8.14. The number of hydrogen-bond acceptors (Lipinski definition) is 5. The Morgan fingerprint density at radius 2 is 1.47 bits per heavy atom. The molecular weight excluding hydrogens is 238 g/mol. The van der Waals surface area contributed by atoms with Crippen molar-refractivity contribution in [1.29, 1.82) is 0 Å². The highest BCUT2D eigenvalue weighted by Crippen LogP contribution is 2.19. The van der Waals surface area contributed by atoms with Crippen LogP contribution >= 0.6 is 0 Å². The molecule has 5 nitrogen and oxygen atoms in total. The van der Waals surface area contributed by atoms with Crippen molar-refractivity contribution in [3.8, 4) is 0 Å². The van der Waals surface area contributed by atoms with Crippen LogP contribution in [0.2, 0.25) is 6.04 Å². The molecule has 0 fully saturated rings. The number of aliphatic hydroxyl groups excluding tert-OH is 1. The fourth-order valence-corrected chi connectivity index (χ4v) is 4.40. The summed E-state index contributed by atoms with van der Waals surface area (Å²) < 4.78 is 17.1. The van der Waals surface area contributed by atoms with Gasteiger partial charge in [-0.25, -0.2) is 0 Å². The summed E-state index contributed by atoms with van der Waals surface area (Å²) in [6.45, 7) is 7.69. The predicted molar refractivity (Wildman–Crippen MR) is 69.7 cm³/mol. The average Bonchev–Trinajstić information content (AvgIpc) is 2.28. The first kappa shape index (κ1) is 17.0. The maximum atomic E-state index is 8.81. The summed E-state index contributed by atoms with van der Waals surface area (Å²) in [6, 6.07) is 0.692. The highest BCUT2D eigenvalue weighted by Gasteiger charge is 2.40. The maximum Gasteiger partial charge on any atom is 0.500 e. The van der Waals surface area contributed by atoms with Crippen molar-refractivity contribution in [2.24, 2.45) is 5.73 Å². The first-order valence-corrected chi connectivity index (χ1v) is 8.35. The lowest BCUT2D eigenvalue weighted by Crippen LogP contribution is -2.47. The summed E-state index contributed by atoms with van der Waals surface area (Å²) >= 11 is 0. The van der Waals surface area contributed by atoms with Crippen LogP contribution in [0.1, 0.15) is 33.6 Å². The van der Waals surface area contributed by atoms with E-state index in [-0.39, 0.29) is 12.6 Å². The number of aliphatic hydroxyl groups is 1. The lowest BCUT2D eigenvalue weighted by molar-refractivity contribution is 0.0700. The highest BCUT2D eigenvalue weighted by atomic mass is 28.4. The van der Waals surface area contributed by atoms with Gasteiger partial charge in [-0.15, -0.1) is 0 Å². The Balaban J connectivity index is 4.32. The molecule has 1 atom stereocenters. The van der Waals surface area contributed by atoms with Crippen LogP contribution in [-0.4, -0.2) is 46.4 Å². The van der Waals surface area contributed by atoms with E-state index >= 15 is 0 Å². The molecule has 0 amide bonds. The Bertz CT molecular complexity index is 166. The zero-order valence-electron chi connectivity index (χ0n) is 11.3. The second-order valence-electron chi connectivity index (χ2n) is 3.79. The Kier molecular flexibility index (Phi) is 10.00. The van der Waals surface area contributed by atoms with Crippen LogP contribution in [0.5, 0.6) is 0 Å². The molecule has 104 valence electrons. The molecule has 0 aromatic rings. The molecule has 3 N–H and O–H groups in total. The summed E-state index contributed by atoms with van der Waals surface area (Å²) in [4.78, 5) is 0.